The molecule has 2 aliphatic rings. The molecule has 1 aliphatic heterocycles. The van der Waals surface area contributed by atoms with Crippen molar-refractivity contribution in [2.45, 2.75) is 25.3 Å². The zero-order valence-corrected chi connectivity index (χ0v) is 8.59. The Morgan fingerprint density at radius 3 is 3.00 bits per heavy atom. The smallest absolute Gasteiger partial charge is 0.0398 e. The first-order valence-electron chi connectivity index (χ1n) is 5.43. The van der Waals surface area contributed by atoms with Crippen molar-refractivity contribution in [3.63, 3.8) is 0 Å². The van der Waals surface area contributed by atoms with E-state index >= 15 is 0 Å². The van der Waals surface area contributed by atoms with E-state index in [1.54, 1.807) is 0 Å². The number of nitrogens with zero attached hydrogens (tertiary/aromatic N) is 1. The van der Waals surface area contributed by atoms with E-state index in [0.29, 0.717) is 0 Å². The first kappa shape index (κ1) is 8.16. The molecule has 2 nitrogen and oxygen atoms in total. The molecule has 0 bridgehead atoms. The Bertz CT molecular complexity index is 355. The molecule has 2 heteroatoms. The zero-order valence-electron chi connectivity index (χ0n) is 8.59. The number of anilines is 2. The van der Waals surface area contributed by atoms with Crippen molar-refractivity contribution < 1.29 is 0 Å². The van der Waals surface area contributed by atoms with Crippen LogP contribution in [0.15, 0.2) is 18.2 Å². The maximum absolute atomic E-state index is 3.54. The Kier molecular flexibility index (Phi) is 1.69. The van der Waals surface area contributed by atoms with Crippen molar-refractivity contribution >= 4 is 11.4 Å². The third kappa shape index (κ3) is 1.35. The van der Waals surface area contributed by atoms with Gasteiger partial charge in [0.1, 0.15) is 0 Å². The third-order valence-corrected chi connectivity index (χ3v) is 3.16. The van der Waals surface area contributed by atoms with Crippen molar-refractivity contribution in [1.29, 1.82) is 0 Å². The summed E-state index contributed by atoms with van der Waals surface area (Å²) in [6.07, 6.45) is 3.89. The summed E-state index contributed by atoms with van der Waals surface area (Å²) in [4.78, 5) is 2.33. The van der Waals surface area contributed by atoms with Crippen LogP contribution in [0.1, 0.15) is 18.4 Å². The predicted octanol–water partition coefficient (Wildman–Crippen LogP) is 2.25. The number of rotatable bonds is 2. The third-order valence-electron chi connectivity index (χ3n) is 3.16. The Balaban J connectivity index is 1.87. The molecule has 1 aliphatic carbocycles. The molecule has 3 rings (SSSR count). The molecule has 1 aromatic carbocycles. The lowest BCUT2D eigenvalue weighted by Crippen LogP contribution is -2.12. The lowest BCUT2D eigenvalue weighted by atomic mass is 10.1. The summed E-state index contributed by atoms with van der Waals surface area (Å²) < 4.78 is 0. The summed E-state index contributed by atoms with van der Waals surface area (Å²) in [6.45, 7) is 1.17. The van der Waals surface area contributed by atoms with E-state index in [1.165, 1.54) is 42.7 Å². The lowest BCUT2D eigenvalue weighted by molar-refractivity contribution is 0.956. The fourth-order valence-corrected chi connectivity index (χ4v) is 2.12. The fraction of sp³-hybridized carbons (Fsp3) is 0.500. The van der Waals surface area contributed by atoms with E-state index in [0.717, 1.165) is 6.04 Å². The van der Waals surface area contributed by atoms with Gasteiger partial charge in [0.15, 0.2) is 0 Å². The minimum Gasteiger partial charge on any atom is -0.382 e. The van der Waals surface area contributed by atoms with Crippen molar-refractivity contribution in [3.8, 4) is 0 Å². The second-order valence-corrected chi connectivity index (χ2v) is 4.43. The predicted molar refractivity (Wildman–Crippen MR) is 60.1 cm³/mol. The lowest BCUT2D eigenvalue weighted by Gasteiger charge is -2.12. The number of benzene rings is 1. The van der Waals surface area contributed by atoms with E-state index in [4.69, 9.17) is 0 Å². The number of fused-ring (bicyclic) bond motifs is 1. The van der Waals surface area contributed by atoms with Crippen molar-refractivity contribution in [2.24, 2.45) is 0 Å². The summed E-state index contributed by atoms with van der Waals surface area (Å²) in [6, 6.07) is 7.52. The first-order chi connectivity index (χ1) is 6.83. The highest BCUT2D eigenvalue weighted by Gasteiger charge is 2.22. The van der Waals surface area contributed by atoms with Gasteiger partial charge in [-0.2, -0.15) is 0 Å². The van der Waals surface area contributed by atoms with Gasteiger partial charge in [-0.15, -0.1) is 0 Å². The highest BCUT2D eigenvalue weighted by Crippen LogP contribution is 2.31. The maximum atomic E-state index is 3.54. The van der Waals surface area contributed by atoms with Crippen LogP contribution < -0.4 is 10.2 Å². The Labute approximate surface area is 84.9 Å². The number of hydrogen-bond acceptors (Lipinski definition) is 2. The van der Waals surface area contributed by atoms with Gasteiger partial charge in [0.05, 0.1) is 0 Å². The van der Waals surface area contributed by atoms with Crippen molar-refractivity contribution in [1.82, 2.24) is 0 Å². The van der Waals surface area contributed by atoms with Crippen LogP contribution in [0, 0.1) is 0 Å². The van der Waals surface area contributed by atoms with Gasteiger partial charge in [-0.25, -0.2) is 0 Å². The van der Waals surface area contributed by atoms with E-state index in [-0.39, 0.29) is 0 Å². The number of hydrogen-bond donors (Lipinski definition) is 1. The van der Waals surface area contributed by atoms with E-state index in [9.17, 15) is 0 Å². The van der Waals surface area contributed by atoms with E-state index < -0.39 is 0 Å². The summed E-state index contributed by atoms with van der Waals surface area (Å²) in [5, 5.41) is 3.54. The molecule has 0 unspecified atom stereocenters. The molecule has 0 spiro atoms. The van der Waals surface area contributed by atoms with Crippen LogP contribution >= 0.6 is 0 Å². The standard InChI is InChI=1S/C12H16N2/c1-14-7-6-9-8-11(4-5-12(9)14)13-10-2-3-10/h4-5,8,10,13H,2-3,6-7H2,1H3. The number of likely N-dealkylation sites (N-methyl/N-ethyl adjacent to an activating group) is 1. The Hall–Kier alpha value is -1.18. The van der Waals surface area contributed by atoms with Gasteiger partial charge in [0.25, 0.3) is 0 Å². The molecule has 1 heterocycles. The summed E-state index contributed by atoms with van der Waals surface area (Å²) >= 11 is 0. The molecule has 0 saturated heterocycles. The average molecular weight is 188 g/mol. The van der Waals surface area contributed by atoms with Crippen LogP contribution in [-0.2, 0) is 6.42 Å². The molecular weight excluding hydrogens is 172 g/mol. The highest BCUT2D eigenvalue weighted by atomic mass is 15.1. The summed E-state index contributed by atoms with van der Waals surface area (Å²) in [5.41, 5.74) is 4.21. The normalized spacial score (nSPS) is 19.6. The van der Waals surface area contributed by atoms with Gasteiger partial charge < -0.3 is 10.2 Å². The van der Waals surface area contributed by atoms with E-state index in [1.807, 2.05) is 0 Å². The molecule has 0 radical (unpaired) electrons. The van der Waals surface area contributed by atoms with Crippen LogP contribution in [0.25, 0.3) is 0 Å². The summed E-state index contributed by atoms with van der Waals surface area (Å²) in [7, 11) is 2.17. The largest absolute Gasteiger partial charge is 0.382 e. The van der Waals surface area contributed by atoms with Crippen molar-refractivity contribution in [3.05, 3.63) is 23.8 Å². The van der Waals surface area contributed by atoms with Crippen molar-refractivity contribution in [2.75, 3.05) is 23.8 Å². The average Bonchev–Trinajstić information content (AvgIpc) is 2.92. The van der Waals surface area contributed by atoms with E-state index in [2.05, 4.69) is 35.5 Å². The minimum absolute atomic E-state index is 0.757. The monoisotopic (exact) mass is 188 g/mol. The van der Waals surface area contributed by atoms with Gasteiger partial charge in [0, 0.05) is 31.0 Å². The summed E-state index contributed by atoms with van der Waals surface area (Å²) in [5.74, 6) is 0. The second kappa shape index (κ2) is 2.91. The molecule has 1 saturated carbocycles. The van der Waals surface area contributed by atoms with Crippen LogP contribution in [0.3, 0.4) is 0 Å². The van der Waals surface area contributed by atoms with Crippen LogP contribution in [0.4, 0.5) is 11.4 Å². The topological polar surface area (TPSA) is 15.3 Å². The molecular formula is C12H16N2. The molecule has 1 aromatic rings. The quantitative estimate of drug-likeness (QED) is 0.765. The molecule has 74 valence electrons. The zero-order chi connectivity index (χ0) is 9.54. The van der Waals surface area contributed by atoms with Crippen LogP contribution in [-0.4, -0.2) is 19.6 Å². The highest BCUT2D eigenvalue weighted by molar-refractivity contribution is 5.64. The fourth-order valence-electron chi connectivity index (χ4n) is 2.12. The molecule has 1 fully saturated rings. The van der Waals surface area contributed by atoms with Gasteiger partial charge >= 0.3 is 0 Å². The molecule has 0 aromatic heterocycles. The first-order valence-corrected chi connectivity index (χ1v) is 5.43. The molecule has 1 N–H and O–H groups in total. The number of nitrogens with one attached hydrogen (secondary N) is 1. The molecule has 0 atom stereocenters. The van der Waals surface area contributed by atoms with Gasteiger partial charge in [-0.05, 0) is 43.0 Å². The SMILES string of the molecule is CN1CCc2cc(NC3CC3)ccc21. The second-order valence-electron chi connectivity index (χ2n) is 4.43. The minimum atomic E-state index is 0.757. The molecule has 14 heavy (non-hydrogen) atoms. The Morgan fingerprint density at radius 2 is 2.21 bits per heavy atom. The van der Waals surface area contributed by atoms with Gasteiger partial charge in [-0.1, -0.05) is 0 Å². The van der Waals surface area contributed by atoms with Crippen LogP contribution in [0.2, 0.25) is 0 Å². The van der Waals surface area contributed by atoms with Gasteiger partial charge in [-0.3, -0.25) is 0 Å². The maximum Gasteiger partial charge on any atom is 0.0398 e. The Morgan fingerprint density at radius 1 is 1.36 bits per heavy atom. The van der Waals surface area contributed by atoms with Gasteiger partial charge in [0.2, 0.25) is 0 Å². The molecule has 0 amide bonds. The van der Waals surface area contributed by atoms with Crippen LogP contribution in [0.5, 0.6) is 0 Å².